The van der Waals surface area contributed by atoms with Crippen LogP contribution < -0.4 is 0 Å². The minimum atomic E-state index is -0.544. The van der Waals surface area contributed by atoms with Gasteiger partial charge in [-0.05, 0) is 23.8 Å². The summed E-state index contributed by atoms with van der Waals surface area (Å²) < 4.78 is 0. The second kappa shape index (κ2) is 7.85. The molecule has 0 aliphatic carbocycles. The summed E-state index contributed by atoms with van der Waals surface area (Å²) in [5, 5.41) is 17.7. The number of para-hydroxylation sites is 1. The van der Waals surface area contributed by atoms with E-state index in [-0.39, 0.29) is 23.9 Å². The van der Waals surface area contributed by atoms with E-state index < -0.39 is 11.0 Å². The van der Waals surface area contributed by atoms with Crippen LogP contribution in [-0.4, -0.2) is 27.4 Å². The van der Waals surface area contributed by atoms with Gasteiger partial charge in [0.2, 0.25) is 5.91 Å². The maximum Gasteiger partial charge on any atom is 0.274 e. The molecule has 0 bridgehead atoms. The Morgan fingerprint density at radius 1 is 1.23 bits per heavy atom. The topological polar surface area (TPSA) is 75.8 Å². The molecule has 0 N–H and O–H groups in total. The number of benzene rings is 2. The first kappa shape index (κ1) is 18.4. The minimum Gasteiger partial charge on any atom is -0.273 e. The van der Waals surface area contributed by atoms with E-state index in [1.807, 2.05) is 12.1 Å². The van der Waals surface area contributed by atoms with Gasteiger partial charge < -0.3 is 0 Å². The molecule has 2 aromatic carbocycles. The lowest BCUT2D eigenvalue weighted by molar-refractivity contribution is -0.385. The van der Waals surface area contributed by atoms with Crippen molar-refractivity contribution in [1.29, 1.82) is 0 Å². The number of halogens is 2. The van der Waals surface area contributed by atoms with Crippen molar-refractivity contribution in [3.8, 4) is 0 Å². The summed E-state index contributed by atoms with van der Waals surface area (Å²) in [6.07, 6.45) is 0.483. The van der Waals surface area contributed by atoms with Gasteiger partial charge in [-0.2, -0.15) is 5.10 Å². The summed E-state index contributed by atoms with van der Waals surface area (Å²) >= 11 is 11.6. The van der Waals surface area contributed by atoms with Crippen molar-refractivity contribution in [3.05, 3.63) is 74.8 Å². The fourth-order valence-corrected chi connectivity index (χ4v) is 3.22. The molecule has 0 aromatic heterocycles. The first-order chi connectivity index (χ1) is 12.5. The average molecular weight is 392 g/mol. The molecule has 0 saturated carbocycles. The molecular weight excluding hydrogens is 377 g/mol. The van der Waals surface area contributed by atoms with Crippen LogP contribution >= 0.6 is 23.2 Å². The zero-order chi connectivity index (χ0) is 18.7. The lowest BCUT2D eigenvalue weighted by Gasteiger charge is -2.21. The van der Waals surface area contributed by atoms with E-state index >= 15 is 0 Å². The van der Waals surface area contributed by atoms with Crippen LogP contribution in [0.4, 0.5) is 5.69 Å². The van der Waals surface area contributed by atoms with Crippen LogP contribution in [0.1, 0.15) is 30.0 Å². The van der Waals surface area contributed by atoms with Crippen LogP contribution in [0.25, 0.3) is 0 Å². The van der Waals surface area contributed by atoms with Gasteiger partial charge in [-0.15, -0.1) is 11.6 Å². The number of hydrazone groups is 1. The number of nitro groups is 1. The molecule has 6 nitrogen and oxygen atoms in total. The van der Waals surface area contributed by atoms with Crippen LogP contribution in [-0.2, 0) is 4.79 Å². The maximum absolute atomic E-state index is 12.5. The zero-order valence-corrected chi connectivity index (χ0v) is 15.2. The number of nitrogens with zero attached hydrogens (tertiary/aromatic N) is 3. The summed E-state index contributed by atoms with van der Waals surface area (Å²) in [5.41, 5.74) is 1.91. The Labute approximate surface area is 160 Å². The summed E-state index contributed by atoms with van der Waals surface area (Å²) in [7, 11) is 0. The third kappa shape index (κ3) is 3.71. The highest BCUT2D eigenvalue weighted by atomic mass is 35.5. The maximum atomic E-state index is 12.5. The molecule has 2 aromatic rings. The van der Waals surface area contributed by atoms with Crippen molar-refractivity contribution in [1.82, 2.24) is 5.01 Å². The summed E-state index contributed by atoms with van der Waals surface area (Å²) in [4.78, 5) is 23.4. The molecule has 0 spiro atoms. The first-order valence-electron chi connectivity index (χ1n) is 7.96. The largest absolute Gasteiger partial charge is 0.274 e. The number of hydrogen-bond acceptors (Lipinski definition) is 4. The highest BCUT2D eigenvalue weighted by Gasteiger charge is 2.36. The number of amides is 1. The van der Waals surface area contributed by atoms with Crippen LogP contribution in [0, 0.1) is 10.1 Å². The van der Waals surface area contributed by atoms with Crippen molar-refractivity contribution < 1.29 is 9.72 Å². The van der Waals surface area contributed by atoms with Crippen molar-refractivity contribution in [3.63, 3.8) is 0 Å². The van der Waals surface area contributed by atoms with Gasteiger partial charge in [-0.25, -0.2) is 5.01 Å². The molecule has 1 aliphatic heterocycles. The standard InChI is InChI=1S/C18H15Cl2N3O3/c19-10-9-18(24)22-17(14-3-1-2-4-16(14)23(25)26)11-15(21-22)12-5-7-13(20)8-6-12/h1-8,17H,9-11H2/t17-/m0/s1. The Morgan fingerprint density at radius 2 is 1.92 bits per heavy atom. The molecule has 0 saturated heterocycles. The van der Waals surface area contributed by atoms with E-state index in [9.17, 15) is 14.9 Å². The second-order valence-corrected chi connectivity index (χ2v) is 6.58. The first-order valence-corrected chi connectivity index (χ1v) is 8.87. The van der Waals surface area contributed by atoms with E-state index in [0.717, 1.165) is 5.56 Å². The van der Waals surface area contributed by atoms with E-state index in [1.54, 1.807) is 30.3 Å². The number of carbonyl (C=O) groups excluding carboxylic acids is 1. The summed E-state index contributed by atoms with van der Waals surface area (Å²) in [6, 6.07) is 13.0. The fourth-order valence-electron chi connectivity index (χ4n) is 2.93. The van der Waals surface area contributed by atoms with Crippen molar-refractivity contribution in [2.45, 2.75) is 18.9 Å². The number of carbonyl (C=O) groups is 1. The lowest BCUT2D eigenvalue weighted by atomic mass is 9.97. The number of alkyl halides is 1. The minimum absolute atomic E-state index is 0.0336. The normalized spacial score (nSPS) is 16.5. The molecule has 0 fully saturated rings. The van der Waals surface area contributed by atoms with Crippen molar-refractivity contribution >= 4 is 40.5 Å². The molecule has 1 amide bonds. The second-order valence-electron chi connectivity index (χ2n) is 5.77. The van der Waals surface area contributed by atoms with Gasteiger partial charge in [0.15, 0.2) is 0 Å². The highest BCUT2D eigenvalue weighted by Crippen LogP contribution is 2.37. The van der Waals surface area contributed by atoms with Crippen LogP contribution in [0.15, 0.2) is 53.6 Å². The lowest BCUT2D eigenvalue weighted by Crippen LogP contribution is -2.27. The van der Waals surface area contributed by atoms with Crippen LogP contribution in [0.5, 0.6) is 0 Å². The molecule has 0 unspecified atom stereocenters. The Morgan fingerprint density at radius 3 is 2.58 bits per heavy atom. The number of nitro benzene ring substituents is 1. The van der Waals surface area contributed by atoms with Gasteiger partial charge in [0.25, 0.3) is 5.69 Å². The predicted molar refractivity (Wildman–Crippen MR) is 101 cm³/mol. The zero-order valence-electron chi connectivity index (χ0n) is 13.6. The molecule has 0 radical (unpaired) electrons. The number of hydrogen-bond donors (Lipinski definition) is 0. The van der Waals surface area contributed by atoms with E-state index in [2.05, 4.69) is 5.10 Å². The smallest absolute Gasteiger partial charge is 0.273 e. The van der Waals surface area contributed by atoms with Crippen LogP contribution in [0.2, 0.25) is 5.02 Å². The van der Waals surface area contributed by atoms with E-state index in [0.29, 0.717) is 22.7 Å². The Balaban J connectivity index is 2.01. The van der Waals surface area contributed by atoms with Gasteiger partial charge in [-0.3, -0.25) is 14.9 Å². The monoisotopic (exact) mass is 391 g/mol. The van der Waals surface area contributed by atoms with Gasteiger partial charge in [-0.1, -0.05) is 35.9 Å². The molecule has 1 atom stereocenters. The van der Waals surface area contributed by atoms with Crippen molar-refractivity contribution in [2.75, 3.05) is 5.88 Å². The van der Waals surface area contributed by atoms with Gasteiger partial charge in [0.05, 0.1) is 22.2 Å². The summed E-state index contributed by atoms with van der Waals surface area (Å²) in [6.45, 7) is 0. The highest BCUT2D eigenvalue weighted by molar-refractivity contribution is 6.30. The molecule has 1 heterocycles. The van der Waals surface area contributed by atoms with Crippen molar-refractivity contribution in [2.24, 2.45) is 5.10 Å². The summed E-state index contributed by atoms with van der Waals surface area (Å²) in [5.74, 6) is -0.114. The quantitative estimate of drug-likeness (QED) is 0.425. The van der Waals surface area contributed by atoms with Gasteiger partial charge in [0, 0.05) is 29.8 Å². The molecule has 3 rings (SSSR count). The van der Waals surface area contributed by atoms with E-state index in [4.69, 9.17) is 23.2 Å². The van der Waals surface area contributed by atoms with Gasteiger partial charge in [0.1, 0.15) is 0 Å². The van der Waals surface area contributed by atoms with Crippen LogP contribution in [0.3, 0.4) is 0 Å². The number of rotatable bonds is 5. The molecule has 26 heavy (non-hydrogen) atoms. The fraction of sp³-hybridized carbons (Fsp3) is 0.222. The molecule has 1 aliphatic rings. The van der Waals surface area contributed by atoms with Gasteiger partial charge >= 0.3 is 0 Å². The molecular formula is C18H15Cl2N3O3. The third-order valence-electron chi connectivity index (χ3n) is 4.14. The molecule has 134 valence electrons. The Bertz CT molecular complexity index is 868. The third-order valence-corrected chi connectivity index (χ3v) is 4.59. The SMILES string of the molecule is O=C(CCCl)N1N=C(c2ccc(Cl)cc2)C[C@H]1c1ccccc1[N+](=O)[O-]. The predicted octanol–water partition coefficient (Wildman–Crippen LogP) is 4.55. The Kier molecular flexibility index (Phi) is 5.54. The van der Waals surface area contributed by atoms with E-state index in [1.165, 1.54) is 11.1 Å². The molecule has 8 heteroatoms. The average Bonchev–Trinajstić information content (AvgIpc) is 3.08. The Hall–Kier alpha value is -2.44.